The van der Waals surface area contributed by atoms with Gasteiger partial charge >= 0.3 is 5.97 Å². The second-order valence-electron chi connectivity index (χ2n) is 8.34. The first-order valence-electron chi connectivity index (χ1n) is 12.0. The van der Waals surface area contributed by atoms with E-state index in [9.17, 15) is 9.59 Å². The fourth-order valence-electron chi connectivity index (χ4n) is 4.51. The molecule has 0 aliphatic carbocycles. The molecular formula is C28H30N2O8S. The summed E-state index contributed by atoms with van der Waals surface area (Å²) in [4.78, 5) is 32.1. The summed E-state index contributed by atoms with van der Waals surface area (Å²) in [7, 11) is 7.63. The monoisotopic (exact) mass is 554 g/mol. The lowest BCUT2D eigenvalue weighted by Gasteiger charge is -2.25. The van der Waals surface area contributed by atoms with Gasteiger partial charge in [-0.2, -0.15) is 0 Å². The summed E-state index contributed by atoms with van der Waals surface area (Å²) in [6, 6.07) is 7.99. The highest BCUT2D eigenvalue weighted by molar-refractivity contribution is 7.07. The van der Waals surface area contributed by atoms with Gasteiger partial charge in [0.15, 0.2) is 27.8 Å². The Bertz CT molecular complexity index is 1620. The van der Waals surface area contributed by atoms with Crippen molar-refractivity contribution in [1.29, 1.82) is 0 Å². The maximum atomic E-state index is 13.9. The van der Waals surface area contributed by atoms with Crippen molar-refractivity contribution in [1.82, 2.24) is 4.57 Å². The lowest BCUT2D eigenvalue weighted by atomic mass is 9.95. The lowest BCUT2D eigenvalue weighted by molar-refractivity contribution is -0.139. The quantitative estimate of drug-likeness (QED) is 0.372. The van der Waals surface area contributed by atoms with Crippen LogP contribution in [-0.2, 0) is 9.53 Å². The van der Waals surface area contributed by atoms with Crippen LogP contribution in [0.2, 0.25) is 0 Å². The Kier molecular flexibility index (Phi) is 8.29. The number of benzene rings is 2. The zero-order chi connectivity index (χ0) is 28.3. The molecule has 0 N–H and O–H groups in total. The van der Waals surface area contributed by atoms with Gasteiger partial charge in [-0.25, -0.2) is 9.79 Å². The van der Waals surface area contributed by atoms with Crippen LogP contribution in [0.5, 0.6) is 28.7 Å². The number of rotatable bonds is 9. The maximum Gasteiger partial charge on any atom is 0.338 e. The number of esters is 1. The zero-order valence-corrected chi connectivity index (χ0v) is 23.6. The lowest BCUT2D eigenvalue weighted by Crippen LogP contribution is -2.40. The normalized spacial score (nSPS) is 14.8. The van der Waals surface area contributed by atoms with Crippen LogP contribution in [0.3, 0.4) is 0 Å². The van der Waals surface area contributed by atoms with E-state index in [1.807, 2.05) is 0 Å². The molecule has 2 aromatic carbocycles. The average molecular weight is 555 g/mol. The van der Waals surface area contributed by atoms with Gasteiger partial charge in [0, 0.05) is 5.56 Å². The second-order valence-corrected chi connectivity index (χ2v) is 9.35. The number of carbonyl (C=O) groups excluding carboxylic acids is 1. The van der Waals surface area contributed by atoms with Crippen molar-refractivity contribution >= 4 is 23.4 Å². The predicted molar refractivity (Wildman–Crippen MR) is 146 cm³/mol. The minimum absolute atomic E-state index is 0.178. The van der Waals surface area contributed by atoms with Gasteiger partial charge in [0.05, 0.1) is 64.0 Å². The maximum absolute atomic E-state index is 13.9. The van der Waals surface area contributed by atoms with Gasteiger partial charge in [0.2, 0.25) is 5.75 Å². The van der Waals surface area contributed by atoms with Crippen molar-refractivity contribution in [2.24, 2.45) is 4.99 Å². The molecule has 0 radical (unpaired) electrons. The average Bonchev–Trinajstić information content (AvgIpc) is 3.25. The van der Waals surface area contributed by atoms with Crippen LogP contribution in [0.15, 0.2) is 51.4 Å². The standard InChI is InChI=1S/C28H30N2O8S/c1-8-38-27(32)22-15(2)29-28-30(23(22)16-9-11-18(33-3)20(13-16)35-5)26(31)21(39-28)14-17-10-12-19(34-4)25(37-7)24(17)36-6/h9-14,23H,8H2,1-7H3/b21-14+. The summed E-state index contributed by atoms with van der Waals surface area (Å²) >= 11 is 1.20. The molecule has 0 bridgehead atoms. The number of nitrogens with zero attached hydrogens (tertiary/aromatic N) is 2. The minimum Gasteiger partial charge on any atom is -0.493 e. The smallest absolute Gasteiger partial charge is 0.338 e. The summed E-state index contributed by atoms with van der Waals surface area (Å²) in [6.45, 7) is 3.64. The Morgan fingerprint density at radius 3 is 2.23 bits per heavy atom. The molecule has 1 aromatic heterocycles. The number of hydrogen-bond donors (Lipinski definition) is 0. The SMILES string of the molecule is CCOC(=O)C1=C(C)N=c2s/c(=C/c3ccc(OC)c(OC)c3OC)c(=O)n2C1c1ccc(OC)c(OC)c1. The fraction of sp³-hybridized carbons (Fsp3) is 0.321. The first kappa shape index (κ1) is 27.8. The zero-order valence-electron chi connectivity index (χ0n) is 22.8. The van der Waals surface area contributed by atoms with Crippen LogP contribution in [-0.4, -0.2) is 52.7 Å². The first-order chi connectivity index (χ1) is 18.8. The summed E-state index contributed by atoms with van der Waals surface area (Å²) in [5.41, 5.74) is 1.66. The minimum atomic E-state index is -0.797. The molecule has 1 atom stereocenters. The topological polar surface area (TPSA) is 107 Å². The fourth-order valence-corrected chi connectivity index (χ4v) is 5.55. The van der Waals surface area contributed by atoms with E-state index >= 15 is 0 Å². The highest BCUT2D eigenvalue weighted by Gasteiger charge is 2.34. The molecule has 0 amide bonds. The van der Waals surface area contributed by atoms with Crippen LogP contribution in [0.4, 0.5) is 0 Å². The summed E-state index contributed by atoms with van der Waals surface area (Å²) in [6.07, 6.45) is 1.71. The van der Waals surface area contributed by atoms with Crippen LogP contribution >= 0.6 is 11.3 Å². The molecule has 2 heterocycles. The molecule has 1 unspecified atom stereocenters. The van der Waals surface area contributed by atoms with Crippen molar-refractivity contribution in [2.45, 2.75) is 19.9 Å². The summed E-state index contributed by atoms with van der Waals surface area (Å²) < 4.78 is 34.6. The van der Waals surface area contributed by atoms with E-state index in [1.54, 1.807) is 50.3 Å². The first-order valence-corrected chi connectivity index (χ1v) is 12.9. The number of methoxy groups -OCH3 is 5. The third-order valence-corrected chi connectivity index (χ3v) is 7.24. The predicted octanol–water partition coefficient (Wildman–Crippen LogP) is 2.84. The van der Waals surface area contributed by atoms with Gasteiger partial charge in [0.25, 0.3) is 5.56 Å². The number of hydrogen-bond acceptors (Lipinski definition) is 10. The van der Waals surface area contributed by atoms with Crippen LogP contribution < -0.4 is 38.6 Å². The number of ether oxygens (including phenoxy) is 6. The third kappa shape index (κ3) is 4.97. The molecule has 1 aliphatic heterocycles. The number of aromatic nitrogens is 1. The molecule has 206 valence electrons. The van der Waals surface area contributed by atoms with Crippen molar-refractivity contribution in [3.8, 4) is 28.7 Å². The van der Waals surface area contributed by atoms with Crippen LogP contribution in [0, 0.1) is 0 Å². The molecular weight excluding hydrogens is 524 g/mol. The molecule has 4 rings (SSSR count). The Hall–Kier alpha value is -4.25. The Labute approximate surface area is 229 Å². The van der Waals surface area contributed by atoms with Gasteiger partial charge < -0.3 is 28.4 Å². The van der Waals surface area contributed by atoms with E-state index in [0.717, 1.165) is 0 Å². The molecule has 3 aromatic rings. The van der Waals surface area contributed by atoms with Gasteiger partial charge in [-0.3, -0.25) is 9.36 Å². The Morgan fingerprint density at radius 1 is 0.949 bits per heavy atom. The van der Waals surface area contributed by atoms with Gasteiger partial charge in [-0.05, 0) is 49.8 Å². The van der Waals surface area contributed by atoms with E-state index < -0.39 is 12.0 Å². The van der Waals surface area contributed by atoms with Crippen molar-refractivity contribution < 1.29 is 33.2 Å². The second kappa shape index (κ2) is 11.6. The van der Waals surface area contributed by atoms with Gasteiger partial charge in [-0.15, -0.1) is 0 Å². The van der Waals surface area contributed by atoms with Crippen molar-refractivity contribution in [3.63, 3.8) is 0 Å². The highest BCUT2D eigenvalue weighted by atomic mass is 32.1. The van der Waals surface area contributed by atoms with Gasteiger partial charge in [-0.1, -0.05) is 17.4 Å². The number of thiazole rings is 1. The molecule has 1 aliphatic rings. The van der Waals surface area contributed by atoms with E-state index in [0.29, 0.717) is 54.9 Å². The molecule has 10 nitrogen and oxygen atoms in total. The van der Waals surface area contributed by atoms with E-state index in [-0.39, 0.29) is 17.7 Å². The molecule has 0 saturated heterocycles. The third-order valence-electron chi connectivity index (χ3n) is 6.26. The molecule has 39 heavy (non-hydrogen) atoms. The number of fused-ring (bicyclic) bond motifs is 1. The van der Waals surface area contributed by atoms with Gasteiger partial charge in [0.1, 0.15) is 0 Å². The summed E-state index contributed by atoms with van der Waals surface area (Å²) in [5, 5.41) is 0. The van der Waals surface area contributed by atoms with E-state index in [4.69, 9.17) is 28.4 Å². The molecule has 0 fully saturated rings. The Balaban J connectivity index is 1.99. The molecule has 0 saturated carbocycles. The largest absolute Gasteiger partial charge is 0.493 e. The van der Waals surface area contributed by atoms with E-state index in [1.165, 1.54) is 51.5 Å². The Morgan fingerprint density at radius 2 is 1.62 bits per heavy atom. The van der Waals surface area contributed by atoms with Crippen LogP contribution in [0.1, 0.15) is 31.0 Å². The number of carbonyl (C=O) groups is 1. The number of allylic oxidation sites excluding steroid dienone is 1. The molecule has 0 spiro atoms. The van der Waals surface area contributed by atoms with Crippen LogP contribution in [0.25, 0.3) is 6.08 Å². The highest BCUT2D eigenvalue weighted by Crippen LogP contribution is 2.40. The van der Waals surface area contributed by atoms with Crippen molar-refractivity contribution in [3.05, 3.63) is 72.4 Å². The van der Waals surface area contributed by atoms with Crippen molar-refractivity contribution in [2.75, 3.05) is 42.2 Å². The summed E-state index contributed by atoms with van der Waals surface area (Å²) in [5.74, 6) is 1.76. The molecule has 11 heteroatoms. The van der Waals surface area contributed by atoms with E-state index in [2.05, 4.69) is 4.99 Å².